The van der Waals surface area contributed by atoms with Gasteiger partial charge in [0.25, 0.3) is 0 Å². The molecule has 0 bridgehead atoms. The van der Waals surface area contributed by atoms with Crippen LogP contribution in [0.1, 0.15) is 25.0 Å². The first kappa shape index (κ1) is 15.9. The van der Waals surface area contributed by atoms with Crippen molar-refractivity contribution >= 4 is 38.9 Å². The second-order valence-electron chi connectivity index (χ2n) is 5.47. The van der Waals surface area contributed by atoms with Gasteiger partial charge >= 0.3 is 0 Å². The largest absolute Gasteiger partial charge is 0.363 e. The van der Waals surface area contributed by atoms with E-state index in [-0.39, 0.29) is 18.6 Å². The number of fused-ring (bicyclic) bond motifs is 1. The molecule has 0 fully saturated rings. The van der Waals surface area contributed by atoms with Crippen molar-refractivity contribution in [3.05, 3.63) is 58.6 Å². The molecule has 2 aromatic rings. The molecule has 2 aromatic carbocycles. The molecule has 0 saturated heterocycles. The Labute approximate surface area is 143 Å². The highest BCUT2D eigenvalue weighted by atomic mass is 79.9. The summed E-state index contributed by atoms with van der Waals surface area (Å²) >= 11 is 3.47. The highest BCUT2D eigenvalue weighted by molar-refractivity contribution is 9.10. The normalized spacial score (nSPS) is 16.4. The average molecular weight is 373 g/mol. The molecule has 0 radical (unpaired) electrons. The molecule has 0 aromatic heterocycles. The van der Waals surface area contributed by atoms with Gasteiger partial charge in [-0.15, -0.1) is 0 Å². The van der Waals surface area contributed by atoms with Gasteiger partial charge in [-0.1, -0.05) is 34.1 Å². The van der Waals surface area contributed by atoms with Gasteiger partial charge in [-0.25, -0.2) is 0 Å². The third-order valence-electron chi connectivity index (χ3n) is 3.60. The van der Waals surface area contributed by atoms with Crippen LogP contribution in [0.15, 0.2) is 58.0 Å². The van der Waals surface area contributed by atoms with Crippen LogP contribution >= 0.6 is 15.9 Å². The highest BCUT2D eigenvalue weighted by Crippen LogP contribution is 2.37. The van der Waals surface area contributed by atoms with Gasteiger partial charge in [0.05, 0.1) is 11.8 Å². The first-order chi connectivity index (χ1) is 11.1. The minimum atomic E-state index is -0.159. The zero-order chi connectivity index (χ0) is 16.2. The van der Waals surface area contributed by atoms with E-state index >= 15 is 0 Å². The van der Waals surface area contributed by atoms with Crippen LogP contribution < -0.4 is 5.32 Å². The predicted octanol–water partition coefficient (Wildman–Crippen LogP) is 4.64. The number of halogens is 1. The van der Waals surface area contributed by atoms with Crippen LogP contribution in [0, 0.1) is 0 Å². The van der Waals surface area contributed by atoms with E-state index < -0.39 is 0 Å². The molecular formula is C18H17BrN2O2. The maximum absolute atomic E-state index is 12.0. The second-order valence-corrected chi connectivity index (χ2v) is 6.38. The summed E-state index contributed by atoms with van der Waals surface area (Å²) in [5.41, 5.74) is 3.70. The Hall–Kier alpha value is -1.98. The minimum Gasteiger partial charge on any atom is -0.363 e. The summed E-state index contributed by atoms with van der Waals surface area (Å²) in [6, 6.07) is 15.3. The SMILES string of the molecule is CC1=Nc2ccc(Br)cc2[C@@H](OCC(=O)Nc2ccccc2)C1. The van der Waals surface area contributed by atoms with Crippen molar-refractivity contribution in [2.45, 2.75) is 19.4 Å². The standard InChI is InChI=1S/C18H17BrN2O2/c1-12-9-17(15-10-13(19)7-8-16(15)20-12)23-11-18(22)21-14-5-3-2-4-6-14/h2-8,10,17H,9,11H2,1H3,(H,21,22)/t17-/m0/s1. The number of ether oxygens (including phenoxy) is 1. The van der Waals surface area contributed by atoms with Crippen LogP contribution in [0.4, 0.5) is 11.4 Å². The van der Waals surface area contributed by atoms with Crippen LogP contribution in [-0.4, -0.2) is 18.2 Å². The van der Waals surface area contributed by atoms with Gasteiger partial charge in [0.15, 0.2) is 0 Å². The number of carbonyl (C=O) groups is 1. The first-order valence-electron chi connectivity index (χ1n) is 7.42. The number of amides is 1. The van der Waals surface area contributed by atoms with E-state index in [1.165, 1.54) is 0 Å². The Kier molecular flexibility index (Phi) is 4.88. The Morgan fingerprint density at radius 2 is 2.09 bits per heavy atom. The number of nitrogens with zero attached hydrogens (tertiary/aromatic N) is 1. The predicted molar refractivity (Wildman–Crippen MR) is 95.3 cm³/mol. The lowest BCUT2D eigenvalue weighted by atomic mass is 9.99. The molecule has 4 nitrogen and oxygen atoms in total. The summed E-state index contributed by atoms with van der Waals surface area (Å²) in [4.78, 5) is 16.6. The Bertz CT molecular complexity index is 744. The summed E-state index contributed by atoms with van der Waals surface area (Å²) in [6.45, 7) is 1.99. The maximum Gasteiger partial charge on any atom is 0.250 e. The van der Waals surface area contributed by atoms with Crippen molar-refractivity contribution in [3.63, 3.8) is 0 Å². The number of hydrogen-bond donors (Lipinski definition) is 1. The van der Waals surface area contributed by atoms with Crippen molar-refractivity contribution in [1.29, 1.82) is 0 Å². The van der Waals surface area contributed by atoms with Gasteiger partial charge < -0.3 is 10.1 Å². The topological polar surface area (TPSA) is 50.7 Å². The molecule has 5 heteroatoms. The maximum atomic E-state index is 12.0. The van der Waals surface area contributed by atoms with Crippen LogP contribution in [0.5, 0.6) is 0 Å². The molecule has 1 aliphatic heterocycles. The lowest BCUT2D eigenvalue weighted by Gasteiger charge is -2.24. The molecule has 1 heterocycles. The van der Waals surface area contributed by atoms with E-state index in [1.807, 2.05) is 55.5 Å². The van der Waals surface area contributed by atoms with Gasteiger partial charge in [0, 0.05) is 27.9 Å². The van der Waals surface area contributed by atoms with E-state index in [4.69, 9.17) is 4.74 Å². The number of para-hydroxylation sites is 1. The fourth-order valence-electron chi connectivity index (χ4n) is 2.56. The van der Waals surface area contributed by atoms with E-state index in [1.54, 1.807) is 0 Å². The number of carbonyl (C=O) groups excluding carboxylic acids is 1. The number of aliphatic imine (C=N–C) groups is 1. The van der Waals surface area contributed by atoms with Crippen LogP contribution in [0.3, 0.4) is 0 Å². The number of benzene rings is 2. The molecule has 0 saturated carbocycles. The van der Waals surface area contributed by atoms with Crippen LogP contribution in [-0.2, 0) is 9.53 Å². The van der Waals surface area contributed by atoms with Gasteiger partial charge in [0.1, 0.15) is 6.61 Å². The first-order valence-corrected chi connectivity index (χ1v) is 8.21. The van der Waals surface area contributed by atoms with E-state index in [9.17, 15) is 4.79 Å². The molecular weight excluding hydrogens is 356 g/mol. The summed E-state index contributed by atoms with van der Waals surface area (Å²) < 4.78 is 6.84. The fourth-order valence-corrected chi connectivity index (χ4v) is 2.94. The fraction of sp³-hybridized carbons (Fsp3) is 0.222. The Morgan fingerprint density at radius 3 is 2.87 bits per heavy atom. The molecule has 1 atom stereocenters. The van der Waals surface area contributed by atoms with Gasteiger partial charge in [-0.05, 0) is 37.3 Å². The van der Waals surface area contributed by atoms with Gasteiger partial charge in [0.2, 0.25) is 5.91 Å². The third-order valence-corrected chi connectivity index (χ3v) is 4.09. The van der Waals surface area contributed by atoms with Crippen molar-refractivity contribution in [2.75, 3.05) is 11.9 Å². The van der Waals surface area contributed by atoms with Crippen molar-refractivity contribution < 1.29 is 9.53 Å². The molecule has 0 aliphatic carbocycles. The zero-order valence-electron chi connectivity index (χ0n) is 12.8. The van der Waals surface area contributed by atoms with Gasteiger partial charge in [-0.2, -0.15) is 0 Å². The van der Waals surface area contributed by atoms with E-state index in [2.05, 4.69) is 26.2 Å². The smallest absolute Gasteiger partial charge is 0.250 e. The van der Waals surface area contributed by atoms with Crippen molar-refractivity contribution in [1.82, 2.24) is 0 Å². The minimum absolute atomic E-state index is 0.0127. The van der Waals surface area contributed by atoms with Crippen molar-refractivity contribution in [3.8, 4) is 0 Å². The van der Waals surface area contributed by atoms with Crippen LogP contribution in [0.25, 0.3) is 0 Å². The number of nitrogens with one attached hydrogen (secondary N) is 1. The lowest BCUT2D eigenvalue weighted by molar-refractivity contribution is -0.122. The molecule has 23 heavy (non-hydrogen) atoms. The quantitative estimate of drug-likeness (QED) is 0.849. The molecule has 0 unspecified atom stereocenters. The zero-order valence-corrected chi connectivity index (χ0v) is 14.3. The highest BCUT2D eigenvalue weighted by Gasteiger charge is 2.22. The van der Waals surface area contributed by atoms with Crippen LogP contribution in [0.2, 0.25) is 0 Å². The number of rotatable bonds is 4. The van der Waals surface area contributed by atoms with E-state index in [0.717, 1.165) is 27.1 Å². The summed E-state index contributed by atoms with van der Waals surface area (Å²) in [6.07, 6.45) is 0.545. The molecule has 118 valence electrons. The molecule has 3 rings (SSSR count). The molecule has 0 spiro atoms. The number of hydrogen-bond acceptors (Lipinski definition) is 3. The molecule has 1 aliphatic rings. The van der Waals surface area contributed by atoms with Gasteiger partial charge in [-0.3, -0.25) is 9.79 Å². The van der Waals surface area contributed by atoms with Crippen molar-refractivity contribution in [2.24, 2.45) is 4.99 Å². The lowest BCUT2D eigenvalue weighted by Crippen LogP contribution is -2.22. The Morgan fingerprint density at radius 1 is 1.30 bits per heavy atom. The average Bonchev–Trinajstić information content (AvgIpc) is 2.54. The third kappa shape index (κ3) is 4.06. The molecule has 1 N–H and O–H groups in total. The number of anilines is 1. The summed E-state index contributed by atoms with van der Waals surface area (Å²) in [5.74, 6) is -0.159. The summed E-state index contributed by atoms with van der Waals surface area (Å²) in [5, 5.41) is 2.82. The summed E-state index contributed by atoms with van der Waals surface area (Å²) in [7, 11) is 0. The molecule has 1 amide bonds. The Balaban J connectivity index is 1.66. The second kappa shape index (κ2) is 7.06. The monoisotopic (exact) mass is 372 g/mol. The van der Waals surface area contributed by atoms with E-state index in [0.29, 0.717) is 6.42 Å².